The molecule has 24 heavy (non-hydrogen) atoms. The molecule has 6 nitrogen and oxygen atoms in total. The number of esters is 1. The maximum absolute atomic E-state index is 11.6. The van der Waals surface area contributed by atoms with Gasteiger partial charge in [0, 0.05) is 0 Å². The lowest BCUT2D eigenvalue weighted by Gasteiger charge is -2.09. The molecule has 0 spiro atoms. The summed E-state index contributed by atoms with van der Waals surface area (Å²) in [7, 11) is 0. The molecule has 0 aliphatic rings. The fraction of sp³-hybridized carbons (Fsp3) is 0.222. The molecule has 0 aliphatic carbocycles. The summed E-state index contributed by atoms with van der Waals surface area (Å²) in [5.74, 6) is 0.379. The van der Waals surface area contributed by atoms with Gasteiger partial charge in [-0.05, 0) is 24.3 Å². The van der Waals surface area contributed by atoms with Gasteiger partial charge in [-0.15, -0.1) is 0 Å². The Morgan fingerprint density at radius 3 is 2.00 bits per heavy atom. The van der Waals surface area contributed by atoms with Crippen LogP contribution >= 0.6 is 0 Å². The van der Waals surface area contributed by atoms with Crippen molar-refractivity contribution in [3.05, 3.63) is 60.7 Å². The lowest BCUT2D eigenvalue weighted by Crippen LogP contribution is -2.34. The van der Waals surface area contributed by atoms with Crippen molar-refractivity contribution < 1.29 is 23.8 Å². The average Bonchev–Trinajstić information content (AvgIpc) is 2.63. The number of amides is 1. The number of ether oxygens (including phenoxy) is 3. The monoisotopic (exact) mass is 329 g/mol. The summed E-state index contributed by atoms with van der Waals surface area (Å²) in [5, 5.41) is 2.43. The van der Waals surface area contributed by atoms with E-state index in [2.05, 4.69) is 5.32 Å². The molecule has 0 aliphatic heterocycles. The van der Waals surface area contributed by atoms with Gasteiger partial charge >= 0.3 is 5.97 Å². The van der Waals surface area contributed by atoms with E-state index in [1.54, 1.807) is 12.1 Å². The van der Waals surface area contributed by atoms with Crippen molar-refractivity contribution in [1.29, 1.82) is 0 Å². The van der Waals surface area contributed by atoms with Gasteiger partial charge in [0.15, 0.2) is 6.61 Å². The first-order valence-electron chi connectivity index (χ1n) is 7.52. The Morgan fingerprint density at radius 2 is 1.38 bits per heavy atom. The molecule has 1 N–H and O–H groups in total. The first-order chi connectivity index (χ1) is 11.7. The van der Waals surface area contributed by atoms with E-state index in [9.17, 15) is 9.59 Å². The number of para-hydroxylation sites is 2. The summed E-state index contributed by atoms with van der Waals surface area (Å²) in [6.45, 7) is 0.00165. The summed E-state index contributed by atoms with van der Waals surface area (Å²) >= 11 is 0. The molecule has 0 unspecified atom stereocenters. The van der Waals surface area contributed by atoms with Crippen LogP contribution in [0.15, 0.2) is 60.7 Å². The van der Waals surface area contributed by atoms with Gasteiger partial charge in [0.05, 0.1) is 0 Å². The fourth-order valence-electron chi connectivity index (χ4n) is 1.77. The highest BCUT2D eigenvalue weighted by Crippen LogP contribution is 2.08. The van der Waals surface area contributed by atoms with Crippen molar-refractivity contribution in [2.75, 3.05) is 26.4 Å². The minimum absolute atomic E-state index is 0.115. The van der Waals surface area contributed by atoms with Crippen LogP contribution in [0.1, 0.15) is 0 Å². The molecule has 0 aromatic heterocycles. The normalized spacial score (nSPS) is 9.83. The number of benzene rings is 2. The van der Waals surface area contributed by atoms with Gasteiger partial charge in [0.1, 0.15) is 31.3 Å². The van der Waals surface area contributed by atoms with E-state index < -0.39 is 11.9 Å². The van der Waals surface area contributed by atoms with Crippen molar-refractivity contribution in [3.8, 4) is 11.5 Å². The first kappa shape index (κ1) is 17.3. The smallest absolute Gasteiger partial charge is 0.325 e. The number of hydrogen-bond acceptors (Lipinski definition) is 5. The van der Waals surface area contributed by atoms with Crippen LogP contribution in [0.5, 0.6) is 11.5 Å². The summed E-state index contributed by atoms with van der Waals surface area (Å²) in [5.41, 5.74) is 0. The van der Waals surface area contributed by atoms with E-state index in [4.69, 9.17) is 14.2 Å². The summed E-state index contributed by atoms with van der Waals surface area (Å²) in [4.78, 5) is 23.1. The van der Waals surface area contributed by atoms with Crippen molar-refractivity contribution in [3.63, 3.8) is 0 Å². The van der Waals surface area contributed by atoms with Crippen molar-refractivity contribution in [2.45, 2.75) is 0 Å². The molecule has 126 valence electrons. The summed E-state index contributed by atoms with van der Waals surface area (Å²) in [6, 6.07) is 18.2. The minimum atomic E-state index is -0.528. The molecular weight excluding hydrogens is 310 g/mol. The van der Waals surface area contributed by atoms with Gasteiger partial charge in [-0.3, -0.25) is 9.59 Å². The minimum Gasteiger partial charge on any atom is -0.490 e. The quantitative estimate of drug-likeness (QED) is 0.561. The molecule has 0 radical (unpaired) electrons. The Bertz CT molecular complexity index is 630. The highest BCUT2D eigenvalue weighted by Gasteiger charge is 2.07. The Labute approximate surface area is 140 Å². The second-order valence-electron chi connectivity index (χ2n) is 4.76. The zero-order valence-corrected chi connectivity index (χ0v) is 13.1. The number of nitrogens with one attached hydrogen (secondary N) is 1. The van der Waals surface area contributed by atoms with Crippen LogP contribution in [-0.4, -0.2) is 38.2 Å². The zero-order chi connectivity index (χ0) is 17.0. The number of hydrogen-bond donors (Lipinski definition) is 1. The van der Waals surface area contributed by atoms with E-state index in [0.29, 0.717) is 11.5 Å². The highest BCUT2D eigenvalue weighted by atomic mass is 16.6. The second-order valence-corrected chi connectivity index (χ2v) is 4.76. The number of rotatable bonds is 9. The van der Waals surface area contributed by atoms with Gasteiger partial charge < -0.3 is 19.5 Å². The third-order valence-corrected chi connectivity index (χ3v) is 2.90. The zero-order valence-electron chi connectivity index (χ0n) is 13.1. The molecule has 0 bridgehead atoms. The largest absolute Gasteiger partial charge is 0.490 e. The predicted octanol–water partition coefficient (Wildman–Crippen LogP) is 1.80. The third-order valence-electron chi connectivity index (χ3n) is 2.90. The van der Waals surface area contributed by atoms with Gasteiger partial charge in [-0.1, -0.05) is 36.4 Å². The summed E-state index contributed by atoms with van der Waals surface area (Å²) in [6.07, 6.45) is 0. The van der Waals surface area contributed by atoms with Crippen LogP contribution in [0.25, 0.3) is 0 Å². The molecule has 0 saturated carbocycles. The average molecular weight is 329 g/mol. The maximum atomic E-state index is 11.6. The molecule has 6 heteroatoms. The molecular formula is C18H19NO5. The molecule has 0 heterocycles. The van der Waals surface area contributed by atoms with E-state index in [-0.39, 0.29) is 26.4 Å². The maximum Gasteiger partial charge on any atom is 0.325 e. The van der Waals surface area contributed by atoms with Crippen LogP contribution in [0.3, 0.4) is 0 Å². The van der Waals surface area contributed by atoms with Crippen LogP contribution in [0, 0.1) is 0 Å². The fourth-order valence-corrected chi connectivity index (χ4v) is 1.77. The van der Waals surface area contributed by atoms with Crippen LogP contribution in [0.4, 0.5) is 0 Å². The lowest BCUT2D eigenvalue weighted by atomic mass is 10.3. The predicted molar refractivity (Wildman–Crippen MR) is 87.8 cm³/mol. The topological polar surface area (TPSA) is 73.9 Å². The molecule has 0 saturated heterocycles. The second kappa shape index (κ2) is 9.89. The molecule has 0 fully saturated rings. The number of carbonyl (C=O) groups is 2. The van der Waals surface area contributed by atoms with Gasteiger partial charge in [0.25, 0.3) is 5.91 Å². The SMILES string of the molecule is O=C(COc1ccccc1)NCC(=O)OCCOc1ccccc1. The van der Waals surface area contributed by atoms with Gasteiger partial charge in [-0.25, -0.2) is 0 Å². The standard InChI is InChI=1S/C18H19NO5/c20-17(14-24-16-9-5-2-6-10-16)19-13-18(21)23-12-11-22-15-7-3-1-4-8-15/h1-10H,11-14H2,(H,19,20). The highest BCUT2D eigenvalue weighted by molar-refractivity contribution is 5.82. The van der Waals surface area contributed by atoms with E-state index in [0.717, 1.165) is 0 Å². The van der Waals surface area contributed by atoms with Gasteiger partial charge in [0.2, 0.25) is 0 Å². The molecule has 2 rings (SSSR count). The third kappa shape index (κ3) is 6.83. The Balaban J connectivity index is 1.53. The Hall–Kier alpha value is -3.02. The van der Waals surface area contributed by atoms with Gasteiger partial charge in [-0.2, -0.15) is 0 Å². The molecule has 2 aromatic rings. The van der Waals surface area contributed by atoms with Crippen molar-refractivity contribution in [1.82, 2.24) is 5.32 Å². The van der Waals surface area contributed by atoms with Crippen LogP contribution < -0.4 is 14.8 Å². The lowest BCUT2D eigenvalue weighted by molar-refractivity contribution is -0.144. The van der Waals surface area contributed by atoms with Crippen molar-refractivity contribution in [2.24, 2.45) is 0 Å². The van der Waals surface area contributed by atoms with E-state index >= 15 is 0 Å². The summed E-state index contributed by atoms with van der Waals surface area (Å²) < 4.78 is 15.6. The number of carbonyl (C=O) groups excluding carboxylic acids is 2. The Morgan fingerprint density at radius 1 is 0.792 bits per heavy atom. The first-order valence-corrected chi connectivity index (χ1v) is 7.52. The van der Waals surface area contributed by atoms with Crippen LogP contribution in [-0.2, 0) is 14.3 Å². The molecule has 2 aromatic carbocycles. The molecule has 1 amide bonds. The van der Waals surface area contributed by atoms with E-state index in [1.807, 2.05) is 48.5 Å². The van der Waals surface area contributed by atoms with Crippen molar-refractivity contribution >= 4 is 11.9 Å². The van der Waals surface area contributed by atoms with Crippen LogP contribution in [0.2, 0.25) is 0 Å². The van der Waals surface area contributed by atoms with E-state index in [1.165, 1.54) is 0 Å². The molecule has 0 atom stereocenters. The Kier molecular flexibility index (Phi) is 7.14.